The summed E-state index contributed by atoms with van der Waals surface area (Å²) in [4.78, 5) is 8.22. The molecule has 3 aromatic rings. The lowest BCUT2D eigenvalue weighted by atomic mass is 9.91. The molecule has 1 aliphatic carbocycles. The Morgan fingerprint density at radius 3 is 2.76 bits per heavy atom. The molecule has 2 unspecified atom stereocenters. The minimum atomic E-state index is -2.00. The SMILES string of the molecule is Fc1cccc(F)c1C(F)CO[C@H]1CC[C@H](Nc2ncnc3[nH]ncc23)CC1F. The first-order valence-corrected chi connectivity index (χ1v) is 9.27. The summed E-state index contributed by atoms with van der Waals surface area (Å²) in [7, 11) is 0. The number of hydrogen-bond acceptors (Lipinski definition) is 5. The number of fused-ring (bicyclic) bond motifs is 1. The Morgan fingerprint density at radius 2 is 2.00 bits per heavy atom. The van der Waals surface area contributed by atoms with Crippen molar-refractivity contribution in [1.29, 1.82) is 0 Å². The van der Waals surface area contributed by atoms with E-state index in [1.54, 1.807) is 6.20 Å². The summed E-state index contributed by atoms with van der Waals surface area (Å²) in [6.07, 6.45) is -0.171. The molecular formula is C19H19F4N5O. The second-order valence-corrected chi connectivity index (χ2v) is 7.00. The van der Waals surface area contributed by atoms with E-state index in [0.29, 0.717) is 29.7 Å². The minimum absolute atomic E-state index is 0.138. The van der Waals surface area contributed by atoms with Crippen molar-refractivity contribution >= 4 is 16.9 Å². The summed E-state index contributed by atoms with van der Waals surface area (Å²) < 4.78 is 61.5. The minimum Gasteiger partial charge on any atom is -0.372 e. The first-order chi connectivity index (χ1) is 14.0. The number of nitrogens with one attached hydrogen (secondary N) is 2. The van der Waals surface area contributed by atoms with Crippen LogP contribution in [-0.2, 0) is 4.74 Å². The molecule has 1 fully saturated rings. The number of nitrogens with zero attached hydrogens (tertiary/aromatic N) is 3. The average Bonchev–Trinajstić information content (AvgIpc) is 3.17. The number of halogens is 4. The van der Waals surface area contributed by atoms with Gasteiger partial charge in [0.1, 0.15) is 30.0 Å². The van der Waals surface area contributed by atoms with Crippen LogP contribution in [-0.4, -0.2) is 45.1 Å². The molecular weight excluding hydrogens is 390 g/mol. The van der Waals surface area contributed by atoms with Crippen LogP contribution >= 0.6 is 0 Å². The standard InChI is InChI=1S/C19H19F4N5O/c20-12-2-1-3-13(21)17(12)15(23)8-29-16-5-4-10(6-14(16)22)27-18-11-7-26-28-19(11)25-9-24-18/h1-3,7,9-10,14-16H,4-6,8H2,(H2,24,25,26,27,28)/t10-,14?,15?,16-/m0/s1. The molecule has 10 heteroatoms. The summed E-state index contributed by atoms with van der Waals surface area (Å²) in [5.74, 6) is -1.42. The molecule has 2 aromatic heterocycles. The van der Waals surface area contributed by atoms with E-state index in [0.717, 1.165) is 18.2 Å². The molecule has 0 saturated heterocycles. The van der Waals surface area contributed by atoms with E-state index in [9.17, 15) is 17.6 Å². The lowest BCUT2D eigenvalue weighted by Crippen LogP contribution is -2.39. The summed E-state index contributed by atoms with van der Waals surface area (Å²) in [6.45, 7) is -0.609. The van der Waals surface area contributed by atoms with E-state index in [1.165, 1.54) is 6.33 Å². The van der Waals surface area contributed by atoms with Crippen LogP contribution in [0, 0.1) is 11.6 Å². The van der Waals surface area contributed by atoms with Crippen molar-refractivity contribution in [1.82, 2.24) is 20.2 Å². The highest BCUT2D eigenvalue weighted by Crippen LogP contribution is 2.30. The van der Waals surface area contributed by atoms with Gasteiger partial charge in [-0.25, -0.2) is 27.5 Å². The van der Waals surface area contributed by atoms with Crippen LogP contribution in [0.3, 0.4) is 0 Å². The Morgan fingerprint density at radius 1 is 1.21 bits per heavy atom. The number of anilines is 1. The Balaban J connectivity index is 1.33. The molecule has 1 aromatic carbocycles. The van der Waals surface area contributed by atoms with Gasteiger partial charge in [0.05, 0.1) is 29.9 Å². The molecule has 4 atom stereocenters. The molecule has 0 radical (unpaired) electrons. The molecule has 0 amide bonds. The molecule has 4 rings (SSSR count). The number of aromatic amines is 1. The third-order valence-electron chi connectivity index (χ3n) is 5.07. The fourth-order valence-corrected chi connectivity index (χ4v) is 3.58. The van der Waals surface area contributed by atoms with Gasteiger partial charge in [0, 0.05) is 12.5 Å². The van der Waals surface area contributed by atoms with E-state index < -0.39 is 42.3 Å². The highest BCUT2D eigenvalue weighted by atomic mass is 19.2. The maximum atomic E-state index is 14.6. The van der Waals surface area contributed by atoms with Crippen LogP contribution in [0.15, 0.2) is 30.7 Å². The molecule has 1 aliphatic rings. The summed E-state index contributed by atoms with van der Waals surface area (Å²) in [6, 6.07) is 2.92. The van der Waals surface area contributed by atoms with Gasteiger partial charge in [0.2, 0.25) is 0 Å². The Labute approximate surface area is 163 Å². The van der Waals surface area contributed by atoms with Gasteiger partial charge in [-0.15, -0.1) is 0 Å². The Bertz CT molecular complexity index is 964. The van der Waals surface area contributed by atoms with Crippen LogP contribution in [0.4, 0.5) is 23.4 Å². The van der Waals surface area contributed by atoms with Gasteiger partial charge in [0.25, 0.3) is 0 Å². The van der Waals surface area contributed by atoms with E-state index in [2.05, 4.69) is 25.5 Å². The molecule has 1 saturated carbocycles. The highest BCUT2D eigenvalue weighted by Gasteiger charge is 2.33. The third-order valence-corrected chi connectivity index (χ3v) is 5.07. The van der Waals surface area contributed by atoms with Crippen molar-refractivity contribution in [2.24, 2.45) is 0 Å². The number of alkyl halides is 2. The van der Waals surface area contributed by atoms with Gasteiger partial charge in [-0.2, -0.15) is 5.10 Å². The maximum absolute atomic E-state index is 14.6. The van der Waals surface area contributed by atoms with Crippen LogP contribution < -0.4 is 5.32 Å². The highest BCUT2D eigenvalue weighted by molar-refractivity contribution is 5.85. The third kappa shape index (κ3) is 4.16. The van der Waals surface area contributed by atoms with Crippen molar-refractivity contribution in [3.8, 4) is 0 Å². The van der Waals surface area contributed by atoms with Gasteiger partial charge in [0.15, 0.2) is 11.8 Å². The van der Waals surface area contributed by atoms with Crippen LogP contribution in [0.5, 0.6) is 0 Å². The summed E-state index contributed by atoms with van der Waals surface area (Å²) in [5.41, 5.74) is -0.114. The molecule has 6 nitrogen and oxygen atoms in total. The van der Waals surface area contributed by atoms with Gasteiger partial charge in [-0.3, -0.25) is 5.10 Å². The second-order valence-electron chi connectivity index (χ2n) is 7.00. The average molecular weight is 409 g/mol. The van der Waals surface area contributed by atoms with E-state index in [-0.39, 0.29) is 12.5 Å². The van der Waals surface area contributed by atoms with Gasteiger partial charge in [-0.05, 0) is 25.0 Å². The molecule has 0 bridgehead atoms. The first-order valence-electron chi connectivity index (χ1n) is 9.27. The number of aromatic nitrogens is 4. The zero-order valence-electron chi connectivity index (χ0n) is 15.3. The van der Waals surface area contributed by atoms with E-state index >= 15 is 0 Å². The van der Waals surface area contributed by atoms with Crippen molar-refractivity contribution < 1.29 is 22.3 Å². The number of hydrogen-bond donors (Lipinski definition) is 2. The van der Waals surface area contributed by atoms with Gasteiger partial charge in [-0.1, -0.05) is 6.07 Å². The number of benzene rings is 1. The van der Waals surface area contributed by atoms with Crippen molar-refractivity contribution in [3.05, 3.63) is 47.9 Å². The lowest BCUT2D eigenvalue weighted by molar-refractivity contribution is -0.0463. The van der Waals surface area contributed by atoms with Gasteiger partial charge >= 0.3 is 0 Å². The van der Waals surface area contributed by atoms with Crippen molar-refractivity contribution in [2.45, 2.75) is 43.8 Å². The van der Waals surface area contributed by atoms with Crippen LogP contribution in [0.1, 0.15) is 31.0 Å². The Hall–Kier alpha value is -2.75. The fraction of sp³-hybridized carbons (Fsp3) is 0.421. The number of rotatable bonds is 6. The van der Waals surface area contributed by atoms with Crippen molar-refractivity contribution in [3.63, 3.8) is 0 Å². The molecule has 0 aliphatic heterocycles. The fourth-order valence-electron chi connectivity index (χ4n) is 3.58. The summed E-state index contributed by atoms with van der Waals surface area (Å²) >= 11 is 0. The zero-order chi connectivity index (χ0) is 20.4. The molecule has 2 N–H and O–H groups in total. The predicted octanol–water partition coefficient (Wildman–Crippen LogP) is 4.03. The number of H-pyrrole nitrogens is 1. The van der Waals surface area contributed by atoms with E-state index in [1.807, 2.05) is 0 Å². The molecule has 29 heavy (non-hydrogen) atoms. The predicted molar refractivity (Wildman–Crippen MR) is 97.8 cm³/mol. The largest absolute Gasteiger partial charge is 0.372 e. The normalized spacial score (nSPS) is 23.2. The Kier molecular flexibility index (Phi) is 5.61. The quantitative estimate of drug-likeness (QED) is 0.602. The topological polar surface area (TPSA) is 75.7 Å². The van der Waals surface area contributed by atoms with E-state index in [4.69, 9.17) is 4.74 Å². The lowest BCUT2D eigenvalue weighted by Gasteiger charge is -2.32. The molecule has 2 heterocycles. The first kappa shape index (κ1) is 19.6. The van der Waals surface area contributed by atoms with Crippen LogP contribution in [0.2, 0.25) is 0 Å². The maximum Gasteiger partial charge on any atom is 0.160 e. The molecule has 0 spiro atoms. The summed E-state index contributed by atoms with van der Waals surface area (Å²) in [5, 5.41) is 10.5. The van der Waals surface area contributed by atoms with Crippen LogP contribution in [0.25, 0.3) is 11.0 Å². The number of ether oxygens (including phenoxy) is 1. The smallest absolute Gasteiger partial charge is 0.160 e. The second kappa shape index (κ2) is 8.32. The molecule has 154 valence electrons. The van der Waals surface area contributed by atoms with Gasteiger partial charge < -0.3 is 10.1 Å². The van der Waals surface area contributed by atoms with Crippen molar-refractivity contribution in [2.75, 3.05) is 11.9 Å². The zero-order valence-corrected chi connectivity index (χ0v) is 15.3. The monoisotopic (exact) mass is 409 g/mol.